The fraction of sp³-hybridized carbons (Fsp3) is 0.833. The van der Waals surface area contributed by atoms with Gasteiger partial charge in [0, 0.05) is 12.8 Å². The minimum Gasteiger partial charge on any atom is -0.303 e. The number of halogens is 3. The number of aldehydes is 1. The number of unbranched alkanes of at least 4 members (excludes halogenated alkanes) is 2. The highest BCUT2D eigenvalue weighted by atomic mass is 19.4. The molecular weight excluding hydrogens is 145 g/mol. The number of carbonyl (C=O) groups is 1. The molecule has 0 aromatic heterocycles. The maximum atomic E-state index is 11.4. The van der Waals surface area contributed by atoms with Crippen molar-refractivity contribution in [2.24, 2.45) is 0 Å². The second kappa shape index (κ2) is 4.30. The van der Waals surface area contributed by atoms with Gasteiger partial charge < -0.3 is 4.79 Å². The minimum atomic E-state index is -4.07. The van der Waals surface area contributed by atoms with E-state index in [-0.39, 0.29) is 12.8 Å². The molecule has 0 rings (SSSR count). The molecule has 0 aliphatic rings. The van der Waals surface area contributed by atoms with Crippen molar-refractivity contribution in [2.75, 3.05) is 0 Å². The van der Waals surface area contributed by atoms with E-state index in [0.29, 0.717) is 12.7 Å². The third-order valence-corrected chi connectivity index (χ3v) is 1.03. The van der Waals surface area contributed by atoms with Gasteiger partial charge in [-0.25, -0.2) is 0 Å². The molecule has 0 aliphatic carbocycles. The largest absolute Gasteiger partial charge is 0.389 e. The summed E-state index contributed by atoms with van der Waals surface area (Å²) < 4.78 is 34.2. The van der Waals surface area contributed by atoms with Crippen molar-refractivity contribution >= 4 is 6.29 Å². The summed E-state index contributed by atoms with van der Waals surface area (Å²) in [5.41, 5.74) is 0. The Balaban J connectivity index is 3.12. The maximum Gasteiger partial charge on any atom is 0.389 e. The molecule has 0 N–H and O–H groups in total. The lowest BCUT2D eigenvalue weighted by Crippen LogP contribution is -2.06. The molecule has 0 bridgehead atoms. The van der Waals surface area contributed by atoms with Crippen LogP contribution >= 0.6 is 0 Å². The molecule has 1 nitrogen and oxygen atoms in total. The predicted octanol–water partition coefficient (Wildman–Crippen LogP) is 2.31. The van der Waals surface area contributed by atoms with Crippen LogP contribution in [0.25, 0.3) is 0 Å². The second-order valence-corrected chi connectivity index (χ2v) is 2.03. The first kappa shape index (κ1) is 9.46. The van der Waals surface area contributed by atoms with E-state index in [4.69, 9.17) is 0 Å². The number of rotatable bonds is 4. The van der Waals surface area contributed by atoms with E-state index in [9.17, 15) is 18.0 Å². The summed E-state index contributed by atoms with van der Waals surface area (Å²) in [6, 6.07) is 0. The van der Waals surface area contributed by atoms with Crippen LogP contribution in [-0.4, -0.2) is 12.5 Å². The normalized spacial score (nSPS) is 11.5. The second-order valence-electron chi connectivity index (χ2n) is 2.03. The molecule has 10 heavy (non-hydrogen) atoms. The van der Waals surface area contributed by atoms with Crippen molar-refractivity contribution in [3.8, 4) is 0 Å². The van der Waals surface area contributed by atoms with Gasteiger partial charge in [0.05, 0.1) is 0 Å². The van der Waals surface area contributed by atoms with Crippen LogP contribution in [0.5, 0.6) is 0 Å². The molecule has 0 radical (unpaired) electrons. The van der Waals surface area contributed by atoms with E-state index in [1.807, 2.05) is 0 Å². The molecule has 0 saturated heterocycles. The quantitative estimate of drug-likeness (QED) is 0.448. The van der Waals surface area contributed by atoms with Crippen molar-refractivity contribution in [3.05, 3.63) is 0 Å². The van der Waals surface area contributed by atoms with Gasteiger partial charge in [-0.2, -0.15) is 13.2 Å². The number of hydrogen-bond donors (Lipinski definition) is 0. The van der Waals surface area contributed by atoms with E-state index in [2.05, 4.69) is 0 Å². The molecular formula is C6H9F3O. The zero-order valence-corrected chi connectivity index (χ0v) is 5.45. The first-order valence-corrected chi connectivity index (χ1v) is 3.06. The number of carbonyl (C=O) groups excluding carboxylic acids is 1. The van der Waals surface area contributed by atoms with Crippen molar-refractivity contribution in [2.45, 2.75) is 31.9 Å². The molecule has 0 aromatic carbocycles. The smallest absolute Gasteiger partial charge is 0.303 e. The molecule has 60 valence electrons. The van der Waals surface area contributed by atoms with Gasteiger partial charge in [-0.3, -0.25) is 0 Å². The zero-order chi connectivity index (χ0) is 8.04. The Kier molecular flexibility index (Phi) is 4.07. The lowest BCUT2D eigenvalue weighted by atomic mass is 10.2. The van der Waals surface area contributed by atoms with E-state index in [0.717, 1.165) is 0 Å². The Hall–Kier alpha value is -0.540. The Morgan fingerprint density at radius 2 is 1.80 bits per heavy atom. The topological polar surface area (TPSA) is 17.1 Å². The van der Waals surface area contributed by atoms with Crippen molar-refractivity contribution < 1.29 is 18.0 Å². The summed E-state index contributed by atoms with van der Waals surface area (Å²) in [6.07, 6.45) is -3.58. The molecule has 0 heterocycles. The van der Waals surface area contributed by atoms with Crippen molar-refractivity contribution in [3.63, 3.8) is 0 Å². The highest BCUT2D eigenvalue weighted by molar-refractivity contribution is 5.48. The van der Waals surface area contributed by atoms with Crippen molar-refractivity contribution in [1.29, 1.82) is 0 Å². The van der Waals surface area contributed by atoms with Crippen LogP contribution < -0.4 is 0 Å². The number of hydrogen-bond acceptors (Lipinski definition) is 1. The highest BCUT2D eigenvalue weighted by Gasteiger charge is 2.25. The summed E-state index contributed by atoms with van der Waals surface area (Å²) in [7, 11) is 0. The Labute approximate surface area is 57.2 Å². The summed E-state index contributed by atoms with van der Waals surface area (Å²) >= 11 is 0. The fourth-order valence-corrected chi connectivity index (χ4v) is 0.553. The molecule has 0 unspecified atom stereocenters. The van der Waals surface area contributed by atoms with Gasteiger partial charge in [0.25, 0.3) is 0 Å². The average molecular weight is 154 g/mol. The standard InChI is InChI=1S/C6H9F3O/c7-6(8,9)4-2-1-3-5-10/h5H,1-4H2. The molecule has 0 fully saturated rings. The molecule has 0 aliphatic heterocycles. The molecule has 0 aromatic rings. The number of alkyl halides is 3. The molecule has 0 amide bonds. The third kappa shape index (κ3) is 7.46. The SMILES string of the molecule is O=CCCCCC(F)(F)F. The van der Waals surface area contributed by atoms with E-state index in [1.165, 1.54) is 0 Å². The van der Waals surface area contributed by atoms with Crippen LogP contribution in [0, 0.1) is 0 Å². The van der Waals surface area contributed by atoms with E-state index in [1.54, 1.807) is 0 Å². The molecule has 4 heteroatoms. The molecule has 0 saturated carbocycles. The van der Waals surface area contributed by atoms with Gasteiger partial charge in [-0.1, -0.05) is 0 Å². The van der Waals surface area contributed by atoms with E-state index >= 15 is 0 Å². The van der Waals surface area contributed by atoms with Gasteiger partial charge >= 0.3 is 6.18 Å². The summed E-state index contributed by atoms with van der Waals surface area (Å²) in [4.78, 5) is 9.65. The summed E-state index contributed by atoms with van der Waals surface area (Å²) in [5.74, 6) is 0. The van der Waals surface area contributed by atoms with Crippen LogP contribution in [0.4, 0.5) is 13.2 Å². The van der Waals surface area contributed by atoms with Crippen molar-refractivity contribution in [1.82, 2.24) is 0 Å². The van der Waals surface area contributed by atoms with Gasteiger partial charge in [-0.05, 0) is 12.8 Å². The van der Waals surface area contributed by atoms with Gasteiger partial charge in [0.1, 0.15) is 6.29 Å². The monoisotopic (exact) mass is 154 g/mol. The predicted molar refractivity (Wildman–Crippen MR) is 30.6 cm³/mol. The van der Waals surface area contributed by atoms with Crippen LogP contribution in [0.1, 0.15) is 25.7 Å². The Morgan fingerprint density at radius 1 is 1.20 bits per heavy atom. The lowest BCUT2D eigenvalue weighted by Gasteiger charge is -2.03. The third-order valence-electron chi connectivity index (χ3n) is 1.03. The fourth-order valence-electron chi connectivity index (χ4n) is 0.553. The molecule has 0 spiro atoms. The highest BCUT2D eigenvalue weighted by Crippen LogP contribution is 2.22. The Bertz CT molecular complexity index is 97.7. The van der Waals surface area contributed by atoms with E-state index < -0.39 is 12.6 Å². The first-order valence-electron chi connectivity index (χ1n) is 3.06. The van der Waals surface area contributed by atoms with Crippen LogP contribution in [0.3, 0.4) is 0 Å². The average Bonchev–Trinajstić information content (AvgIpc) is 1.78. The minimum absolute atomic E-state index is 0.0578. The maximum absolute atomic E-state index is 11.4. The van der Waals surface area contributed by atoms with Gasteiger partial charge in [0.15, 0.2) is 0 Å². The van der Waals surface area contributed by atoms with Gasteiger partial charge in [0.2, 0.25) is 0 Å². The Morgan fingerprint density at radius 3 is 2.20 bits per heavy atom. The summed E-state index contributed by atoms with van der Waals surface area (Å²) in [6.45, 7) is 0. The summed E-state index contributed by atoms with van der Waals surface area (Å²) in [5, 5.41) is 0. The lowest BCUT2D eigenvalue weighted by molar-refractivity contribution is -0.136. The zero-order valence-electron chi connectivity index (χ0n) is 5.45. The van der Waals surface area contributed by atoms with Gasteiger partial charge in [-0.15, -0.1) is 0 Å². The first-order chi connectivity index (χ1) is 4.56. The van der Waals surface area contributed by atoms with Crippen LogP contribution in [-0.2, 0) is 4.79 Å². The molecule has 0 atom stereocenters. The van der Waals surface area contributed by atoms with Crippen LogP contribution in [0.2, 0.25) is 0 Å². The van der Waals surface area contributed by atoms with Crippen LogP contribution in [0.15, 0.2) is 0 Å².